The van der Waals surface area contributed by atoms with Crippen LogP contribution in [0.15, 0.2) is 48.5 Å². The molecular weight excluding hydrogens is 344 g/mol. The van der Waals surface area contributed by atoms with E-state index in [0.717, 1.165) is 11.4 Å². The highest BCUT2D eigenvalue weighted by molar-refractivity contribution is 6.79. The smallest absolute Gasteiger partial charge is 0.0542 e. The van der Waals surface area contributed by atoms with Gasteiger partial charge in [-0.05, 0) is 48.2 Å². The molecule has 0 heterocycles. The molecule has 0 bridgehead atoms. The minimum atomic E-state index is -1.29. The zero-order chi connectivity index (χ0) is 19.5. The number of aryl methyl sites for hydroxylation is 2. The first-order valence-electron chi connectivity index (χ1n) is 10.8. The standard InChI is InChI=1S/C24H38N2Si/c1-3-5-17-27(18-6-4-2,19-15-21-7-11-23(25)12-8-21)20-16-22-9-13-24(26)14-10-22/h7-14H,3-6,15-20,25-26H2,1-2H3. The van der Waals surface area contributed by atoms with E-state index < -0.39 is 8.07 Å². The Balaban J connectivity index is 2.10. The first-order valence-corrected chi connectivity index (χ1v) is 13.6. The van der Waals surface area contributed by atoms with Gasteiger partial charge in [-0.25, -0.2) is 0 Å². The molecule has 148 valence electrons. The van der Waals surface area contributed by atoms with E-state index in [1.165, 1.54) is 73.8 Å². The van der Waals surface area contributed by atoms with Gasteiger partial charge in [-0.1, -0.05) is 88.0 Å². The number of anilines is 2. The van der Waals surface area contributed by atoms with Crippen molar-refractivity contribution in [3.05, 3.63) is 59.7 Å². The van der Waals surface area contributed by atoms with Gasteiger partial charge in [0.25, 0.3) is 0 Å². The van der Waals surface area contributed by atoms with E-state index in [4.69, 9.17) is 11.5 Å². The Kier molecular flexibility index (Phi) is 8.93. The van der Waals surface area contributed by atoms with Crippen molar-refractivity contribution in [3.63, 3.8) is 0 Å². The van der Waals surface area contributed by atoms with Crippen LogP contribution in [0.3, 0.4) is 0 Å². The predicted octanol–water partition coefficient (Wildman–Crippen LogP) is 6.69. The predicted molar refractivity (Wildman–Crippen MR) is 124 cm³/mol. The topological polar surface area (TPSA) is 52.0 Å². The number of unbranched alkanes of at least 4 members (excludes halogenated alkanes) is 2. The van der Waals surface area contributed by atoms with Gasteiger partial charge < -0.3 is 11.5 Å². The third kappa shape index (κ3) is 7.41. The second-order valence-corrected chi connectivity index (χ2v) is 13.2. The molecule has 27 heavy (non-hydrogen) atoms. The van der Waals surface area contributed by atoms with E-state index in [-0.39, 0.29) is 0 Å². The zero-order valence-corrected chi connectivity index (χ0v) is 18.3. The van der Waals surface area contributed by atoms with Crippen LogP contribution in [0.1, 0.15) is 50.7 Å². The highest BCUT2D eigenvalue weighted by Gasteiger charge is 2.30. The summed E-state index contributed by atoms with van der Waals surface area (Å²) in [5.41, 5.74) is 16.3. The molecule has 2 nitrogen and oxygen atoms in total. The largest absolute Gasteiger partial charge is 0.399 e. The van der Waals surface area contributed by atoms with Crippen molar-refractivity contribution in [1.82, 2.24) is 0 Å². The van der Waals surface area contributed by atoms with Gasteiger partial charge >= 0.3 is 0 Å². The second kappa shape index (κ2) is 11.2. The molecule has 2 rings (SSSR count). The van der Waals surface area contributed by atoms with Crippen LogP contribution in [0, 0.1) is 0 Å². The van der Waals surface area contributed by atoms with Crippen LogP contribution in [-0.2, 0) is 12.8 Å². The molecule has 0 saturated carbocycles. The van der Waals surface area contributed by atoms with Gasteiger partial charge in [0.2, 0.25) is 0 Å². The minimum Gasteiger partial charge on any atom is -0.399 e. The number of nitrogens with two attached hydrogens (primary N) is 2. The third-order valence-corrected chi connectivity index (χ3v) is 11.4. The lowest BCUT2D eigenvalue weighted by Crippen LogP contribution is -2.35. The maximum absolute atomic E-state index is 5.86. The van der Waals surface area contributed by atoms with Crippen LogP contribution >= 0.6 is 0 Å². The fraction of sp³-hybridized carbons (Fsp3) is 0.500. The maximum Gasteiger partial charge on any atom is 0.0542 e. The highest BCUT2D eigenvalue weighted by atomic mass is 28.3. The Bertz CT molecular complexity index is 590. The summed E-state index contributed by atoms with van der Waals surface area (Å²) in [6, 6.07) is 22.8. The van der Waals surface area contributed by atoms with Crippen molar-refractivity contribution < 1.29 is 0 Å². The van der Waals surface area contributed by atoms with Gasteiger partial charge in [-0.15, -0.1) is 0 Å². The van der Waals surface area contributed by atoms with E-state index in [2.05, 4.69) is 38.1 Å². The monoisotopic (exact) mass is 382 g/mol. The number of hydrogen-bond acceptors (Lipinski definition) is 2. The summed E-state index contributed by atoms with van der Waals surface area (Å²) < 4.78 is 0. The number of benzene rings is 2. The van der Waals surface area contributed by atoms with Gasteiger partial charge in [-0.3, -0.25) is 0 Å². The van der Waals surface area contributed by atoms with E-state index >= 15 is 0 Å². The van der Waals surface area contributed by atoms with Gasteiger partial charge in [0, 0.05) is 11.4 Å². The van der Waals surface area contributed by atoms with Crippen LogP contribution in [0.2, 0.25) is 24.2 Å². The number of rotatable bonds is 12. The van der Waals surface area contributed by atoms with Gasteiger partial charge in [0.1, 0.15) is 0 Å². The Hall–Kier alpha value is -1.74. The lowest BCUT2D eigenvalue weighted by atomic mass is 10.1. The van der Waals surface area contributed by atoms with Crippen LogP contribution in [0.25, 0.3) is 0 Å². The summed E-state index contributed by atoms with van der Waals surface area (Å²) in [5.74, 6) is 0. The molecule has 3 heteroatoms. The highest BCUT2D eigenvalue weighted by Crippen LogP contribution is 2.33. The van der Waals surface area contributed by atoms with Crippen LogP contribution in [0.5, 0.6) is 0 Å². The normalized spacial score (nSPS) is 11.6. The van der Waals surface area contributed by atoms with Crippen LogP contribution < -0.4 is 11.5 Å². The van der Waals surface area contributed by atoms with Crippen molar-refractivity contribution in [2.24, 2.45) is 0 Å². The van der Waals surface area contributed by atoms with E-state index in [0.29, 0.717) is 0 Å². The quantitative estimate of drug-likeness (QED) is 0.317. The SMILES string of the molecule is CCCC[Si](CCCC)(CCc1ccc(N)cc1)CCc1ccc(N)cc1. The van der Waals surface area contributed by atoms with Crippen molar-refractivity contribution in [2.75, 3.05) is 11.5 Å². The lowest BCUT2D eigenvalue weighted by Gasteiger charge is -2.33. The number of hydrogen-bond donors (Lipinski definition) is 2. The Labute approximate surface area is 167 Å². The Morgan fingerprint density at radius 2 is 0.963 bits per heavy atom. The third-order valence-electron chi connectivity index (χ3n) is 5.97. The molecule has 0 fully saturated rings. The molecule has 4 N–H and O–H groups in total. The summed E-state index contributed by atoms with van der Waals surface area (Å²) in [5, 5.41) is 0. The Morgan fingerprint density at radius 1 is 0.593 bits per heavy atom. The minimum absolute atomic E-state index is 0.863. The van der Waals surface area contributed by atoms with Gasteiger partial charge in [0.15, 0.2) is 0 Å². The van der Waals surface area contributed by atoms with Crippen molar-refractivity contribution in [1.29, 1.82) is 0 Å². The van der Waals surface area contributed by atoms with Crippen LogP contribution in [-0.4, -0.2) is 8.07 Å². The van der Waals surface area contributed by atoms with Gasteiger partial charge in [0.05, 0.1) is 8.07 Å². The maximum atomic E-state index is 5.86. The van der Waals surface area contributed by atoms with Crippen molar-refractivity contribution in [3.8, 4) is 0 Å². The van der Waals surface area contributed by atoms with Crippen LogP contribution in [0.4, 0.5) is 11.4 Å². The second-order valence-electron chi connectivity index (χ2n) is 8.19. The molecular formula is C24H38N2Si. The average molecular weight is 383 g/mol. The fourth-order valence-corrected chi connectivity index (χ4v) is 9.39. The van der Waals surface area contributed by atoms with E-state index in [1.807, 2.05) is 24.3 Å². The van der Waals surface area contributed by atoms with E-state index in [1.54, 1.807) is 0 Å². The van der Waals surface area contributed by atoms with Crippen molar-refractivity contribution in [2.45, 2.75) is 76.5 Å². The summed E-state index contributed by atoms with van der Waals surface area (Å²) >= 11 is 0. The summed E-state index contributed by atoms with van der Waals surface area (Å²) in [6.07, 6.45) is 7.82. The molecule has 2 aromatic carbocycles. The summed E-state index contributed by atoms with van der Waals surface area (Å²) in [7, 11) is -1.29. The fourth-order valence-electron chi connectivity index (χ4n) is 4.04. The zero-order valence-electron chi connectivity index (χ0n) is 17.3. The average Bonchev–Trinajstić information content (AvgIpc) is 2.69. The first-order chi connectivity index (χ1) is 13.1. The molecule has 0 amide bonds. The molecule has 0 aliphatic rings. The van der Waals surface area contributed by atoms with Gasteiger partial charge in [-0.2, -0.15) is 0 Å². The number of nitrogen functional groups attached to an aromatic ring is 2. The molecule has 0 aromatic heterocycles. The molecule has 0 aliphatic heterocycles. The molecule has 0 radical (unpaired) electrons. The molecule has 0 unspecified atom stereocenters. The molecule has 2 aromatic rings. The van der Waals surface area contributed by atoms with E-state index in [9.17, 15) is 0 Å². The Morgan fingerprint density at radius 3 is 1.30 bits per heavy atom. The molecule has 0 spiro atoms. The van der Waals surface area contributed by atoms with Crippen molar-refractivity contribution >= 4 is 19.4 Å². The summed E-state index contributed by atoms with van der Waals surface area (Å²) in [6.45, 7) is 4.66. The summed E-state index contributed by atoms with van der Waals surface area (Å²) in [4.78, 5) is 0. The lowest BCUT2D eigenvalue weighted by molar-refractivity contribution is 0.802. The molecule has 0 atom stereocenters. The molecule has 0 saturated heterocycles. The first kappa shape index (κ1) is 21.6. The molecule has 0 aliphatic carbocycles.